The molecule has 1 aliphatic rings. The first-order chi connectivity index (χ1) is 8.88. The number of primary amides is 1. The second kappa shape index (κ2) is 5.35. The molecule has 0 spiro atoms. The van der Waals surface area contributed by atoms with E-state index in [0.29, 0.717) is 12.1 Å². The Kier molecular flexibility index (Phi) is 3.97. The maximum atomic E-state index is 10.7. The Morgan fingerprint density at radius 3 is 2.53 bits per heavy atom. The van der Waals surface area contributed by atoms with Crippen molar-refractivity contribution < 1.29 is 19.0 Å². The highest BCUT2D eigenvalue weighted by Gasteiger charge is 2.34. The van der Waals surface area contributed by atoms with E-state index in [-0.39, 0.29) is 18.9 Å². The third kappa shape index (κ3) is 3.37. The minimum Gasteiger partial charge on any atom is -0.375 e. The van der Waals surface area contributed by atoms with Gasteiger partial charge in [0.1, 0.15) is 6.23 Å². The number of carbonyl (C=O) groups excluding carboxylic acids is 1. The lowest BCUT2D eigenvalue weighted by atomic mass is 10.1. The highest BCUT2D eigenvalue weighted by atomic mass is 32.3. The molecule has 1 unspecified atom stereocenters. The van der Waals surface area contributed by atoms with Crippen LogP contribution in [0.5, 0.6) is 0 Å². The SMILES string of the molecule is NC(=O)CCc1ccc(N2CC(O)NS2(O)O)cc1. The van der Waals surface area contributed by atoms with Crippen LogP contribution in [0.15, 0.2) is 24.3 Å². The van der Waals surface area contributed by atoms with Crippen LogP contribution in [-0.2, 0) is 11.2 Å². The van der Waals surface area contributed by atoms with Gasteiger partial charge in [-0.15, -0.1) is 0 Å². The zero-order valence-corrected chi connectivity index (χ0v) is 11.0. The summed E-state index contributed by atoms with van der Waals surface area (Å²) < 4.78 is 23.1. The summed E-state index contributed by atoms with van der Waals surface area (Å²) in [6, 6.07) is 7.01. The lowest BCUT2D eigenvalue weighted by molar-refractivity contribution is -0.117. The number of β-amino-alcohol motifs (C(OH)–C–C–N with tert-alkyl or cyclic N) is 1. The van der Waals surface area contributed by atoms with Gasteiger partial charge in [-0.3, -0.25) is 18.2 Å². The molecule has 1 heterocycles. The molecule has 0 aliphatic carbocycles. The van der Waals surface area contributed by atoms with Gasteiger partial charge >= 0.3 is 0 Å². The lowest BCUT2D eigenvalue weighted by Crippen LogP contribution is -2.25. The Morgan fingerprint density at radius 1 is 1.42 bits per heavy atom. The number of hydrogen-bond acceptors (Lipinski definition) is 6. The van der Waals surface area contributed by atoms with E-state index in [1.165, 1.54) is 4.31 Å². The predicted octanol–water partition coefficient (Wildman–Crippen LogP) is 0.413. The molecular weight excluding hydrogens is 270 g/mol. The Morgan fingerprint density at radius 2 is 2.05 bits per heavy atom. The third-order valence-corrected chi connectivity index (χ3v) is 4.39. The van der Waals surface area contributed by atoms with Gasteiger partial charge in [-0.05, 0) is 24.1 Å². The lowest BCUT2D eigenvalue weighted by Gasteiger charge is -2.36. The highest BCUT2D eigenvalue weighted by molar-refractivity contribution is 8.24. The van der Waals surface area contributed by atoms with Gasteiger partial charge in [-0.2, -0.15) is 4.72 Å². The predicted molar refractivity (Wildman–Crippen MR) is 73.3 cm³/mol. The zero-order chi connectivity index (χ0) is 14.0. The third-order valence-electron chi connectivity index (χ3n) is 2.82. The number of rotatable bonds is 4. The smallest absolute Gasteiger partial charge is 0.217 e. The average Bonchev–Trinajstić information content (AvgIpc) is 2.60. The molecule has 0 bridgehead atoms. The number of amides is 1. The van der Waals surface area contributed by atoms with Crippen molar-refractivity contribution >= 4 is 22.6 Å². The zero-order valence-electron chi connectivity index (χ0n) is 10.2. The van der Waals surface area contributed by atoms with Crippen molar-refractivity contribution in [3.63, 3.8) is 0 Å². The number of benzene rings is 1. The summed E-state index contributed by atoms with van der Waals surface area (Å²) in [5.74, 6) is -0.356. The van der Waals surface area contributed by atoms with Crippen LogP contribution in [0.1, 0.15) is 12.0 Å². The fourth-order valence-corrected chi connectivity index (χ4v) is 3.22. The van der Waals surface area contributed by atoms with Crippen molar-refractivity contribution in [1.29, 1.82) is 0 Å². The number of nitrogens with two attached hydrogens (primary N) is 1. The van der Waals surface area contributed by atoms with Crippen molar-refractivity contribution in [3.8, 4) is 0 Å². The number of carbonyl (C=O) groups is 1. The maximum absolute atomic E-state index is 10.7. The van der Waals surface area contributed by atoms with Gasteiger partial charge in [-0.1, -0.05) is 23.1 Å². The fraction of sp³-hybridized carbons (Fsp3) is 0.364. The number of aliphatic hydroxyl groups excluding tert-OH is 1. The summed E-state index contributed by atoms with van der Waals surface area (Å²) in [4.78, 5) is 10.7. The summed E-state index contributed by atoms with van der Waals surface area (Å²) in [6.07, 6.45) is -0.148. The molecule has 1 fully saturated rings. The van der Waals surface area contributed by atoms with Crippen LogP contribution >= 0.6 is 11.0 Å². The molecule has 106 valence electrons. The van der Waals surface area contributed by atoms with Gasteiger partial charge in [0, 0.05) is 6.42 Å². The van der Waals surface area contributed by atoms with Crippen molar-refractivity contribution in [1.82, 2.24) is 4.72 Å². The van der Waals surface area contributed by atoms with E-state index in [2.05, 4.69) is 4.72 Å². The van der Waals surface area contributed by atoms with Crippen molar-refractivity contribution in [2.45, 2.75) is 19.1 Å². The first-order valence-electron chi connectivity index (χ1n) is 5.77. The number of anilines is 1. The molecule has 1 saturated heterocycles. The molecule has 6 N–H and O–H groups in total. The standard InChI is InChI=1S/C11H17N3O4S/c12-10(15)6-3-8-1-4-9(5-2-8)14-7-11(16)13-19(14,17)18/h1-2,4-5,11,13,16-18H,3,6-7H2,(H2,12,15). The van der Waals surface area contributed by atoms with E-state index in [1.807, 2.05) is 0 Å². The number of hydrogen-bond donors (Lipinski definition) is 5. The molecular formula is C11H17N3O4S. The molecule has 2 rings (SSSR count). The first-order valence-corrected chi connectivity index (χ1v) is 7.27. The van der Waals surface area contributed by atoms with E-state index in [4.69, 9.17) is 5.73 Å². The maximum Gasteiger partial charge on any atom is 0.217 e. The van der Waals surface area contributed by atoms with Crippen molar-refractivity contribution in [2.24, 2.45) is 5.73 Å². The van der Waals surface area contributed by atoms with E-state index in [9.17, 15) is 19.0 Å². The number of nitrogens with one attached hydrogen (secondary N) is 1. The summed E-state index contributed by atoms with van der Waals surface area (Å²) in [6.45, 7) is 0.100. The topological polar surface area (TPSA) is 119 Å². The average molecular weight is 287 g/mol. The molecule has 0 aromatic heterocycles. The quantitative estimate of drug-likeness (QED) is 0.547. The normalized spacial score (nSPS) is 23.3. The Balaban J connectivity index is 2.08. The molecule has 8 heteroatoms. The van der Waals surface area contributed by atoms with Crippen LogP contribution in [-0.4, -0.2) is 32.9 Å². The molecule has 19 heavy (non-hydrogen) atoms. The summed E-state index contributed by atoms with van der Waals surface area (Å²) in [5, 5.41) is 9.39. The Bertz CT molecular complexity index is 466. The van der Waals surface area contributed by atoms with E-state index < -0.39 is 17.2 Å². The van der Waals surface area contributed by atoms with E-state index in [1.54, 1.807) is 24.3 Å². The van der Waals surface area contributed by atoms with Gasteiger partial charge in [-0.25, -0.2) is 0 Å². The van der Waals surface area contributed by atoms with Crippen LogP contribution in [0.25, 0.3) is 0 Å². The molecule has 1 aliphatic heterocycles. The molecule has 0 radical (unpaired) electrons. The van der Waals surface area contributed by atoms with Crippen LogP contribution in [0.3, 0.4) is 0 Å². The van der Waals surface area contributed by atoms with Gasteiger partial charge < -0.3 is 10.8 Å². The van der Waals surface area contributed by atoms with Gasteiger partial charge in [0.15, 0.2) is 0 Å². The second-order valence-corrected chi connectivity index (χ2v) is 6.06. The Labute approximate surface area is 112 Å². The van der Waals surface area contributed by atoms with Crippen LogP contribution in [0.4, 0.5) is 5.69 Å². The highest BCUT2D eigenvalue weighted by Crippen LogP contribution is 2.46. The fourth-order valence-electron chi connectivity index (χ4n) is 1.89. The largest absolute Gasteiger partial charge is 0.375 e. The molecule has 1 atom stereocenters. The number of aryl methyl sites for hydroxylation is 1. The molecule has 1 aromatic rings. The van der Waals surface area contributed by atoms with E-state index >= 15 is 0 Å². The molecule has 1 amide bonds. The van der Waals surface area contributed by atoms with Gasteiger partial charge in [0.05, 0.1) is 12.2 Å². The minimum atomic E-state index is -3.17. The summed E-state index contributed by atoms with van der Waals surface area (Å²) in [7, 11) is -3.17. The van der Waals surface area contributed by atoms with Gasteiger partial charge in [0.25, 0.3) is 0 Å². The molecule has 7 nitrogen and oxygen atoms in total. The summed E-state index contributed by atoms with van der Waals surface area (Å²) >= 11 is 0. The monoisotopic (exact) mass is 287 g/mol. The van der Waals surface area contributed by atoms with E-state index in [0.717, 1.165) is 5.56 Å². The second-order valence-electron chi connectivity index (χ2n) is 4.35. The van der Waals surface area contributed by atoms with Crippen LogP contribution in [0, 0.1) is 0 Å². The minimum absolute atomic E-state index is 0.100. The number of aliphatic hydroxyl groups is 1. The van der Waals surface area contributed by atoms with Crippen LogP contribution in [0.2, 0.25) is 0 Å². The Hall–Kier alpha value is -1.32. The van der Waals surface area contributed by atoms with Crippen molar-refractivity contribution in [2.75, 3.05) is 10.8 Å². The van der Waals surface area contributed by atoms with Gasteiger partial charge in [0.2, 0.25) is 5.91 Å². The summed E-state index contributed by atoms with van der Waals surface area (Å²) in [5.41, 5.74) is 6.60. The first kappa shape index (κ1) is 14.1. The molecule has 0 saturated carbocycles. The van der Waals surface area contributed by atoms with Crippen molar-refractivity contribution in [3.05, 3.63) is 29.8 Å². The van der Waals surface area contributed by atoms with Crippen LogP contribution < -0.4 is 14.8 Å². The number of nitrogens with zero attached hydrogens (tertiary/aromatic N) is 1. The molecule has 1 aromatic carbocycles.